The van der Waals surface area contributed by atoms with Crippen LogP contribution in [-0.2, 0) is 14.3 Å². The lowest BCUT2D eigenvalue weighted by Gasteiger charge is -2.14. The van der Waals surface area contributed by atoms with Gasteiger partial charge in [0.15, 0.2) is 5.43 Å². The second-order valence-corrected chi connectivity index (χ2v) is 6.83. The summed E-state index contributed by atoms with van der Waals surface area (Å²) in [5.74, 6) is -1.75. The standard InChI is InChI=1S/C20H20N4O5S/c1-29-20(28)14(9-30)23-15(25)8-22-19(27)12-6-2-4-10-16(12)24-17-11(18(10)26)5-3-7-13(17)21/h2-7,14,30H,8-9,21H2,1H3,(H,22,27)(H,23,25)(H,24,26)/t14-/m1/s1. The van der Waals surface area contributed by atoms with Gasteiger partial charge < -0.3 is 26.1 Å². The van der Waals surface area contributed by atoms with Gasteiger partial charge in [-0.25, -0.2) is 4.79 Å². The normalized spacial score (nSPS) is 11.8. The van der Waals surface area contributed by atoms with Crippen LogP contribution in [0.2, 0.25) is 0 Å². The van der Waals surface area contributed by atoms with Crippen LogP contribution in [0.1, 0.15) is 10.4 Å². The molecule has 3 rings (SSSR count). The quantitative estimate of drug-likeness (QED) is 0.168. The van der Waals surface area contributed by atoms with Gasteiger partial charge in [0.2, 0.25) is 5.91 Å². The maximum atomic E-state index is 12.8. The first-order valence-corrected chi connectivity index (χ1v) is 9.60. The van der Waals surface area contributed by atoms with Crippen molar-refractivity contribution < 1.29 is 19.1 Å². The van der Waals surface area contributed by atoms with E-state index in [1.165, 1.54) is 13.2 Å². The molecule has 0 spiro atoms. The first-order chi connectivity index (χ1) is 14.4. The average molecular weight is 428 g/mol. The number of benzene rings is 2. The number of nitrogens with one attached hydrogen (secondary N) is 3. The van der Waals surface area contributed by atoms with Gasteiger partial charge in [-0.1, -0.05) is 12.1 Å². The number of methoxy groups -OCH3 is 1. The van der Waals surface area contributed by atoms with Gasteiger partial charge >= 0.3 is 5.97 Å². The van der Waals surface area contributed by atoms with Gasteiger partial charge in [0.25, 0.3) is 5.91 Å². The monoisotopic (exact) mass is 428 g/mol. The van der Waals surface area contributed by atoms with Gasteiger partial charge in [-0.05, 0) is 24.3 Å². The molecule has 156 valence electrons. The predicted molar refractivity (Wildman–Crippen MR) is 117 cm³/mol. The van der Waals surface area contributed by atoms with Crippen LogP contribution < -0.4 is 21.8 Å². The molecule has 0 radical (unpaired) electrons. The third kappa shape index (κ3) is 4.08. The minimum absolute atomic E-state index is 0.0470. The number of aromatic nitrogens is 1. The number of ether oxygens (including phenoxy) is 1. The Morgan fingerprint density at radius 2 is 1.80 bits per heavy atom. The van der Waals surface area contributed by atoms with Gasteiger partial charge in [0.1, 0.15) is 6.04 Å². The van der Waals surface area contributed by atoms with E-state index in [9.17, 15) is 19.2 Å². The fourth-order valence-corrected chi connectivity index (χ4v) is 3.30. The molecule has 0 aliphatic heterocycles. The second-order valence-electron chi connectivity index (χ2n) is 6.46. The number of aromatic amines is 1. The number of nitrogens with two attached hydrogens (primary N) is 1. The smallest absolute Gasteiger partial charge is 0.329 e. The summed E-state index contributed by atoms with van der Waals surface area (Å²) in [6.07, 6.45) is 0. The molecule has 0 bridgehead atoms. The predicted octanol–water partition coefficient (Wildman–Crippen LogP) is 0.581. The summed E-state index contributed by atoms with van der Waals surface area (Å²) in [5, 5.41) is 5.64. The van der Waals surface area contributed by atoms with Crippen molar-refractivity contribution in [3.8, 4) is 0 Å². The highest BCUT2D eigenvalue weighted by Gasteiger charge is 2.20. The first-order valence-electron chi connectivity index (χ1n) is 8.96. The van der Waals surface area contributed by atoms with Crippen molar-refractivity contribution >= 4 is 57.9 Å². The Morgan fingerprint density at radius 1 is 1.13 bits per heavy atom. The molecule has 3 aromatic rings. The number of anilines is 1. The Hall–Kier alpha value is -3.53. The van der Waals surface area contributed by atoms with Crippen LogP contribution in [0.5, 0.6) is 0 Å². The van der Waals surface area contributed by atoms with E-state index in [1.807, 2.05) is 0 Å². The molecule has 2 amide bonds. The first kappa shape index (κ1) is 21.2. The van der Waals surface area contributed by atoms with E-state index in [-0.39, 0.29) is 23.3 Å². The zero-order chi connectivity index (χ0) is 21.8. The summed E-state index contributed by atoms with van der Waals surface area (Å²) in [6.45, 7) is -0.379. The largest absolute Gasteiger partial charge is 0.467 e. The third-order valence-electron chi connectivity index (χ3n) is 4.56. The number of hydrogen-bond acceptors (Lipinski definition) is 7. The molecule has 1 atom stereocenters. The number of pyridine rings is 1. The molecule has 0 aliphatic rings. The number of carbonyl (C=O) groups excluding carboxylic acids is 3. The van der Waals surface area contributed by atoms with Crippen molar-refractivity contribution in [3.05, 3.63) is 52.2 Å². The van der Waals surface area contributed by atoms with Crippen molar-refractivity contribution in [2.75, 3.05) is 25.1 Å². The lowest BCUT2D eigenvalue weighted by molar-refractivity contribution is -0.144. The number of fused-ring (bicyclic) bond motifs is 2. The van der Waals surface area contributed by atoms with Crippen molar-refractivity contribution in [1.29, 1.82) is 0 Å². The van der Waals surface area contributed by atoms with Crippen molar-refractivity contribution in [3.63, 3.8) is 0 Å². The van der Waals surface area contributed by atoms with Crippen molar-refractivity contribution in [1.82, 2.24) is 15.6 Å². The molecule has 2 aromatic carbocycles. The summed E-state index contributed by atoms with van der Waals surface area (Å²) >= 11 is 3.99. The van der Waals surface area contributed by atoms with Gasteiger partial charge in [-0.15, -0.1) is 0 Å². The Morgan fingerprint density at radius 3 is 2.47 bits per heavy atom. The molecule has 1 aromatic heterocycles. The van der Waals surface area contributed by atoms with Gasteiger partial charge in [0, 0.05) is 16.5 Å². The second kappa shape index (κ2) is 8.87. The maximum absolute atomic E-state index is 12.8. The minimum Gasteiger partial charge on any atom is -0.467 e. The Bertz CT molecular complexity index is 1210. The van der Waals surface area contributed by atoms with E-state index >= 15 is 0 Å². The Labute approximate surface area is 176 Å². The highest BCUT2D eigenvalue weighted by Crippen LogP contribution is 2.21. The van der Waals surface area contributed by atoms with Gasteiger partial charge in [-0.2, -0.15) is 12.6 Å². The minimum atomic E-state index is -0.925. The van der Waals surface area contributed by atoms with Crippen LogP contribution in [0, 0.1) is 0 Å². The summed E-state index contributed by atoms with van der Waals surface area (Å²) < 4.78 is 4.57. The number of H-pyrrole nitrogens is 1. The molecule has 0 saturated carbocycles. The summed E-state index contributed by atoms with van der Waals surface area (Å²) in [6, 6.07) is 8.77. The lowest BCUT2D eigenvalue weighted by Crippen LogP contribution is -2.47. The highest BCUT2D eigenvalue weighted by molar-refractivity contribution is 7.80. The molecular formula is C20H20N4O5S. The molecule has 0 saturated heterocycles. The number of esters is 1. The fourth-order valence-electron chi connectivity index (χ4n) is 3.06. The Kier molecular flexibility index (Phi) is 6.26. The van der Waals surface area contributed by atoms with Crippen LogP contribution in [0.3, 0.4) is 0 Å². The number of hydrogen-bond donors (Lipinski definition) is 5. The highest BCUT2D eigenvalue weighted by atomic mass is 32.1. The zero-order valence-electron chi connectivity index (χ0n) is 16.0. The molecule has 0 fully saturated rings. The third-order valence-corrected chi connectivity index (χ3v) is 4.92. The number of rotatable bonds is 6. The number of amides is 2. The van der Waals surface area contributed by atoms with E-state index in [1.54, 1.807) is 30.3 Å². The zero-order valence-corrected chi connectivity index (χ0v) is 16.9. The summed E-state index contributed by atoms with van der Waals surface area (Å²) in [7, 11) is 1.20. The van der Waals surface area contributed by atoms with Crippen LogP contribution in [0.15, 0.2) is 41.2 Å². The average Bonchev–Trinajstić information content (AvgIpc) is 2.75. The van der Waals surface area contributed by atoms with E-state index in [0.717, 1.165) is 0 Å². The topological polar surface area (TPSA) is 143 Å². The molecular weight excluding hydrogens is 408 g/mol. The van der Waals surface area contributed by atoms with Crippen LogP contribution >= 0.6 is 12.6 Å². The van der Waals surface area contributed by atoms with Crippen LogP contribution in [-0.4, -0.2) is 48.2 Å². The van der Waals surface area contributed by atoms with E-state index in [2.05, 4.69) is 33.0 Å². The fraction of sp³-hybridized carbons (Fsp3) is 0.200. The molecule has 1 heterocycles. The molecule has 30 heavy (non-hydrogen) atoms. The van der Waals surface area contributed by atoms with Gasteiger partial charge in [-0.3, -0.25) is 14.4 Å². The number of nitrogen functional groups attached to an aromatic ring is 1. The lowest BCUT2D eigenvalue weighted by atomic mass is 10.1. The van der Waals surface area contributed by atoms with Crippen molar-refractivity contribution in [2.24, 2.45) is 0 Å². The molecule has 10 heteroatoms. The summed E-state index contributed by atoms with van der Waals surface area (Å²) in [5.41, 5.74) is 7.02. The van der Waals surface area contributed by atoms with Gasteiger partial charge in [0.05, 0.1) is 35.9 Å². The Balaban J connectivity index is 1.86. The van der Waals surface area contributed by atoms with Crippen LogP contribution in [0.4, 0.5) is 5.69 Å². The summed E-state index contributed by atoms with van der Waals surface area (Å²) in [4.78, 5) is 52.2. The molecule has 0 aliphatic carbocycles. The van der Waals surface area contributed by atoms with E-state index in [0.29, 0.717) is 27.5 Å². The number of carbonyl (C=O) groups is 3. The maximum Gasteiger partial charge on any atom is 0.329 e. The van der Waals surface area contributed by atoms with Crippen LogP contribution in [0.25, 0.3) is 21.8 Å². The number of para-hydroxylation sites is 2. The molecule has 0 unspecified atom stereocenters. The molecule has 5 N–H and O–H groups in total. The van der Waals surface area contributed by atoms with E-state index in [4.69, 9.17) is 5.73 Å². The SMILES string of the molecule is COC(=O)[C@@H](CS)NC(=O)CNC(=O)c1cccc2c(=O)c3cccc(N)c3[nH]c12. The van der Waals surface area contributed by atoms with E-state index < -0.39 is 23.8 Å². The van der Waals surface area contributed by atoms with Crippen molar-refractivity contribution in [2.45, 2.75) is 6.04 Å². The number of thiol groups is 1. The molecule has 9 nitrogen and oxygen atoms in total.